The number of rotatable bonds is 8. The quantitative estimate of drug-likeness (QED) is 0.794. The van der Waals surface area contributed by atoms with Gasteiger partial charge >= 0.3 is 0 Å². The minimum Gasteiger partial charge on any atom is -0.486 e. The molecule has 1 N–H and O–H groups in total. The molecule has 0 radical (unpaired) electrons. The molecule has 0 amide bonds. The van der Waals surface area contributed by atoms with Crippen molar-refractivity contribution in [3.8, 4) is 5.75 Å². The van der Waals surface area contributed by atoms with Crippen molar-refractivity contribution < 1.29 is 14.0 Å². The SMILES string of the molecule is CCNCc1ccc(OCc2cc(COC)on2)cn1. The average Bonchev–Trinajstić information content (AvgIpc) is 2.92. The number of methoxy groups -OCH3 is 1. The number of pyridine rings is 1. The number of aromatic nitrogens is 2. The molecule has 0 aliphatic carbocycles. The molecule has 0 saturated heterocycles. The molecule has 6 heteroatoms. The second-order valence-electron chi connectivity index (χ2n) is 4.27. The van der Waals surface area contributed by atoms with Crippen molar-refractivity contribution in [1.82, 2.24) is 15.5 Å². The maximum absolute atomic E-state index is 5.60. The van der Waals surface area contributed by atoms with Crippen LogP contribution in [0.2, 0.25) is 0 Å². The third-order valence-corrected chi connectivity index (χ3v) is 2.63. The Labute approximate surface area is 118 Å². The standard InChI is InChI=1S/C14H19N3O3/c1-3-15-7-11-4-5-13(8-16-11)19-9-12-6-14(10-18-2)20-17-12/h4-6,8,15H,3,7,9-10H2,1-2H3. The maximum atomic E-state index is 5.60. The van der Waals surface area contributed by atoms with E-state index < -0.39 is 0 Å². The van der Waals surface area contributed by atoms with Gasteiger partial charge in [0.2, 0.25) is 0 Å². The summed E-state index contributed by atoms with van der Waals surface area (Å²) in [6.45, 7) is 4.51. The van der Waals surface area contributed by atoms with Crippen LogP contribution in [0.1, 0.15) is 24.1 Å². The Morgan fingerprint density at radius 2 is 2.15 bits per heavy atom. The van der Waals surface area contributed by atoms with E-state index in [1.807, 2.05) is 18.2 Å². The number of hydrogen-bond acceptors (Lipinski definition) is 6. The lowest BCUT2D eigenvalue weighted by molar-refractivity contribution is 0.155. The number of hydrogen-bond donors (Lipinski definition) is 1. The van der Waals surface area contributed by atoms with Crippen LogP contribution in [-0.2, 0) is 24.5 Å². The topological polar surface area (TPSA) is 69.4 Å². The minimum absolute atomic E-state index is 0.349. The first-order chi connectivity index (χ1) is 9.81. The van der Waals surface area contributed by atoms with Gasteiger partial charge in [-0.15, -0.1) is 0 Å². The highest BCUT2D eigenvalue weighted by Crippen LogP contribution is 2.12. The smallest absolute Gasteiger partial charge is 0.162 e. The Morgan fingerprint density at radius 1 is 1.25 bits per heavy atom. The highest BCUT2D eigenvalue weighted by Gasteiger charge is 2.05. The summed E-state index contributed by atoms with van der Waals surface area (Å²) in [5, 5.41) is 7.12. The zero-order chi connectivity index (χ0) is 14.2. The molecule has 0 fully saturated rings. The van der Waals surface area contributed by atoms with E-state index in [4.69, 9.17) is 14.0 Å². The second-order valence-corrected chi connectivity index (χ2v) is 4.27. The summed E-state index contributed by atoms with van der Waals surface area (Å²) in [7, 11) is 1.61. The zero-order valence-electron chi connectivity index (χ0n) is 11.8. The molecule has 2 aromatic rings. The number of nitrogens with zero attached hydrogens (tertiary/aromatic N) is 2. The van der Waals surface area contributed by atoms with E-state index in [1.165, 1.54) is 0 Å². The third-order valence-electron chi connectivity index (χ3n) is 2.63. The van der Waals surface area contributed by atoms with Crippen LogP contribution in [0.5, 0.6) is 5.75 Å². The Bertz CT molecular complexity index is 511. The van der Waals surface area contributed by atoms with Crippen LogP contribution in [0.3, 0.4) is 0 Å². The second kappa shape index (κ2) is 7.62. The Hall–Kier alpha value is -1.92. The van der Waals surface area contributed by atoms with Gasteiger partial charge in [-0.25, -0.2) is 0 Å². The first kappa shape index (κ1) is 14.5. The Kier molecular flexibility index (Phi) is 5.52. The number of nitrogens with one attached hydrogen (secondary N) is 1. The van der Waals surface area contributed by atoms with Crippen molar-refractivity contribution in [2.45, 2.75) is 26.7 Å². The van der Waals surface area contributed by atoms with Crippen LogP contribution in [0, 0.1) is 0 Å². The predicted molar refractivity (Wildman–Crippen MR) is 73.2 cm³/mol. The van der Waals surface area contributed by atoms with Crippen LogP contribution >= 0.6 is 0 Å². The van der Waals surface area contributed by atoms with E-state index in [9.17, 15) is 0 Å². The van der Waals surface area contributed by atoms with Gasteiger partial charge in [-0.3, -0.25) is 4.98 Å². The van der Waals surface area contributed by atoms with Gasteiger partial charge in [0.15, 0.2) is 5.76 Å². The van der Waals surface area contributed by atoms with Crippen molar-refractivity contribution in [1.29, 1.82) is 0 Å². The fourth-order valence-electron chi connectivity index (χ4n) is 1.65. The van der Waals surface area contributed by atoms with Crippen molar-refractivity contribution in [2.24, 2.45) is 0 Å². The molecule has 20 heavy (non-hydrogen) atoms. The monoisotopic (exact) mass is 277 g/mol. The molecule has 0 aliphatic rings. The van der Waals surface area contributed by atoms with Crippen molar-refractivity contribution in [3.05, 3.63) is 41.5 Å². The summed E-state index contributed by atoms with van der Waals surface area (Å²) in [5.41, 5.74) is 1.72. The molecule has 0 spiro atoms. The van der Waals surface area contributed by atoms with Crippen molar-refractivity contribution in [2.75, 3.05) is 13.7 Å². The lowest BCUT2D eigenvalue weighted by Gasteiger charge is -2.05. The van der Waals surface area contributed by atoms with E-state index in [2.05, 4.69) is 22.4 Å². The molecule has 108 valence electrons. The molecule has 0 saturated carbocycles. The molecule has 2 rings (SSSR count). The molecule has 0 atom stereocenters. The van der Waals surface area contributed by atoms with Gasteiger partial charge in [0.1, 0.15) is 24.7 Å². The van der Waals surface area contributed by atoms with Gasteiger partial charge < -0.3 is 19.3 Å². The maximum Gasteiger partial charge on any atom is 0.162 e. The summed E-state index contributed by atoms with van der Waals surface area (Å²) < 4.78 is 15.6. The largest absolute Gasteiger partial charge is 0.486 e. The fourth-order valence-corrected chi connectivity index (χ4v) is 1.65. The van der Waals surface area contributed by atoms with Crippen LogP contribution in [0.25, 0.3) is 0 Å². The highest BCUT2D eigenvalue weighted by molar-refractivity contribution is 5.20. The summed E-state index contributed by atoms with van der Waals surface area (Å²) in [6, 6.07) is 5.66. The van der Waals surface area contributed by atoms with E-state index >= 15 is 0 Å². The highest BCUT2D eigenvalue weighted by atomic mass is 16.5. The van der Waals surface area contributed by atoms with Gasteiger partial charge in [0, 0.05) is 19.7 Å². The summed E-state index contributed by atoms with van der Waals surface area (Å²) in [4.78, 5) is 4.31. The molecular formula is C14H19N3O3. The zero-order valence-corrected chi connectivity index (χ0v) is 11.8. The first-order valence-electron chi connectivity index (χ1n) is 6.53. The van der Waals surface area contributed by atoms with Gasteiger partial charge in [0.05, 0.1) is 11.9 Å². The molecule has 2 aromatic heterocycles. The average molecular weight is 277 g/mol. The van der Waals surface area contributed by atoms with Crippen LogP contribution in [0.15, 0.2) is 28.9 Å². The molecule has 0 bridgehead atoms. The van der Waals surface area contributed by atoms with Crippen LogP contribution < -0.4 is 10.1 Å². The summed E-state index contributed by atoms with van der Waals surface area (Å²) >= 11 is 0. The van der Waals surface area contributed by atoms with E-state index in [1.54, 1.807) is 13.3 Å². The Balaban J connectivity index is 1.83. The lowest BCUT2D eigenvalue weighted by Crippen LogP contribution is -2.12. The van der Waals surface area contributed by atoms with Crippen LogP contribution in [0.4, 0.5) is 0 Å². The Morgan fingerprint density at radius 3 is 2.85 bits per heavy atom. The van der Waals surface area contributed by atoms with Gasteiger partial charge in [0.25, 0.3) is 0 Å². The molecule has 2 heterocycles. The van der Waals surface area contributed by atoms with Gasteiger partial charge in [-0.2, -0.15) is 0 Å². The van der Waals surface area contributed by atoms with E-state index in [0.29, 0.717) is 24.7 Å². The lowest BCUT2D eigenvalue weighted by atomic mass is 10.3. The van der Waals surface area contributed by atoms with Crippen LogP contribution in [-0.4, -0.2) is 23.8 Å². The van der Waals surface area contributed by atoms with E-state index in [-0.39, 0.29) is 0 Å². The van der Waals surface area contributed by atoms with Crippen molar-refractivity contribution in [3.63, 3.8) is 0 Å². The summed E-state index contributed by atoms with van der Waals surface area (Å²) in [5.74, 6) is 1.40. The minimum atomic E-state index is 0.349. The number of ether oxygens (including phenoxy) is 2. The third kappa shape index (κ3) is 4.32. The van der Waals surface area contributed by atoms with Gasteiger partial charge in [-0.05, 0) is 18.7 Å². The molecular weight excluding hydrogens is 258 g/mol. The molecule has 0 aromatic carbocycles. The molecule has 0 aliphatic heterocycles. The normalized spacial score (nSPS) is 10.7. The van der Waals surface area contributed by atoms with Crippen molar-refractivity contribution >= 4 is 0 Å². The first-order valence-corrected chi connectivity index (χ1v) is 6.53. The summed E-state index contributed by atoms with van der Waals surface area (Å²) in [6.07, 6.45) is 1.71. The predicted octanol–water partition coefficient (Wildman–Crippen LogP) is 1.90. The fraction of sp³-hybridized carbons (Fsp3) is 0.429. The molecule has 6 nitrogen and oxygen atoms in total. The molecule has 0 unspecified atom stereocenters. The van der Waals surface area contributed by atoms with Gasteiger partial charge in [-0.1, -0.05) is 12.1 Å². The van der Waals surface area contributed by atoms with E-state index in [0.717, 1.165) is 24.5 Å².